The van der Waals surface area contributed by atoms with Crippen LogP contribution in [0.2, 0.25) is 5.02 Å². The molecule has 0 heterocycles. The first-order valence-electron chi connectivity index (χ1n) is 4.63. The predicted molar refractivity (Wildman–Crippen MR) is 59.1 cm³/mol. The van der Waals surface area contributed by atoms with Crippen LogP contribution in [0, 0.1) is 10.1 Å². The Kier molecular flexibility index (Phi) is 4.54. The molecule has 0 fully saturated rings. The van der Waals surface area contributed by atoms with Gasteiger partial charge in [-0.05, 0) is 12.1 Å². The van der Waals surface area contributed by atoms with Crippen molar-refractivity contribution in [3.8, 4) is 0 Å². The number of carbonyl (C=O) groups excluding carboxylic acids is 1. The summed E-state index contributed by atoms with van der Waals surface area (Å²) in [4.78, 5) is 20.8. The van der Waals surface area contributed by atoms with Gasteiger partial charge in [0.15, 0.2) is 6.61 Å². The summed E-state index contributed by atoms with van der Waals surface area (Å²) in [7, 11) is 0. The molecule has 1 aromatic rings. The van der Waals surface area contributed by atoms with E-state index in [1.54, 1.807) is 0 Å². The number of anilines is 1. The standard InChI is InChI=1S/C9H6ClF3N2O4/c10-5-1-2-7(15(17)18)6(3-5)14-8(16)19-4-9(11,12)13/h1-3H,4H2,(H,14,16). The van der Waals surface area contributed by atoms with Crippen LogP contribution in [-0.4, -0.2) is 23.8 Å². The van der Waals surface area contributed by atoms with E-state index in [2.05, 4.69) is 4.74 Å². The molecule has 1 N–H and O–H groups in total. The van der Waals surface area contributed by atoms with E-state index in [1.165, 1.54) is 6.07 Å². The summed E-state index contributed by atoms with van der Waals surface area (Å²) in [6.45, 7) is -1.80. The van der Waals surface area contributed by atoms with Crippen molar-refractivity contribution in [3.05, 3.63) is 33.3 Å². The summed E-state index contributed by atoms with van der Waals surface area (Å²) in [6.07, 6.45) is -6.15. The molecule has 10 heteroatoms. The largest absolute Gasteiger partial charge is 0.440 e. The third-order valence-corrected chi connectivity index (χ3v) is 1.99. The monoisotopic (exact) mass is 298 g/mol. The van der Waals surface area contributed by atoms with Crippen LogP contribution in [0.3, 0.4) is 0 Å². The Balaban J connectivity index is 2.78. The number of nitrogens with one attached hydrogen (secondary N) is 1. The topological polar surface area (TPSA) is 81.5 Å². The Morgan fingerprint density at radius 3 is 2.63 bits per heavy atom. The van der Waals surface area contributed by atoms with E-state index in [-0.39, 0.29) is 10.7 Å². The van der Waals surface area contributed by atoms with E-state index >= 15 is 0 Å². The molecule has 1 rings (SSSR count). The molecule has 0 atom stereocenters. The van der Waals surface area contributed by atoms with E-state index in [0.717, 1.165) is 12.1 Å². The maximum absolute atomic E-state index is 11.8. The molecule has 0 saturated heterocycles. The molecule has 0 radical (unpaired) electrons. The number of amides is 1. The summed E-state index contributed by atoms with van der Waals surface area (Å²) < 4.78 is 39.2. The number of halogens is 4. The number of rotatable bonds is 3. The molecule has 6 nitrogen and oxygen atoms in total. The molecule has 19 heavy (non-hydrogen) atoms. The number of hydrogen-bond acceptors (Lipinski definition) is 4. The normalized spacial score (nSPS) is 10.9. The Morgan fingerprint density at radius 2 is 2.11 bits per heavy atom. The first-order chi connectivity index (χ1) is 8.69. The van der Waals surface area contributed by atoms with Crippen molar-refractivity contribution in [1.29, 1.82) is 0 Å². The van der Waals surface area contributed by atoms with Gasteiger partial charge in [0.1, 0.15) is 5.69 Å². The van der Waals surface area contributed by atoms with Crippen LogP contribution < -0.4 is 5.32 Å². The van der Waals surface area contributed by atoms with E-state index in [4.69, 9.17) is 11.6 Å². The lowest BCUT2D eigenvalue weighted by Crippen LogP contribution is -2.23. The molecule has 1 amide bonds. The number of nitro groups is 1. The highest BCUT2D eigenvalue weighted by Gasteiger charge is 2.30. The number of alkyl halides is 3. The van der Waals surface area contributed by atoms with Crippen molar-refractivity contribution in [2.24, 2.45) is 0 Å². The quantitative estimate of drug-likeness (QED) is 0.685. The lowest BCUT2D eigenvalue weighted by atomic mass is 10.3. The maximum atomic E-state index is 11.8. The van der Waals surface area contributed by atoms with Crippen LogP contribution in [0.15, 0.2) is 18.2 Å². The molecule has 0 aliphatic rings. The van der Waals surface area contributed by atoms with Crippen LogP contribution >= 0.6 is 11.6 Å². The fourth-order valence-corrected chi connectivity index (χ4v) is 1.23. The first-order valence-corrected chi connectivity index (χ1v) is 5.01. The Morgan fingerprint density at radius 1 is 1.47 bits per heavy atom. The second-order valence-electron chi connectivity index (χ2n) is 3.23. The summed E-state index contributed by atoms with van der Waals surface area (Å²) in [5.74, 6) is 0. The number of nitro benzene ring substituents is 1. The fraction of sp³-hybridized carbons (Fsp3) is 0.222. The summed E-state index contributed by atoms with van der Waals surface area (Å²) >= 11 is 5.56. The van der Waals surface area contributed by atoms with Gasteiger partial charge in [0, 0.05) is 11.1 Å². The van der Waals surface area contributed by atoms with Crippen LogP contribution in [-0.2, 0) is 4.74 Å². The Labute approximate surface area is 109 Å². The van der Waals surface area contributed by atoms with Gasteiger partial charge in [0.05, 0.1) is 4.92 Å². The van der Waals surface area contributed by atoms with Gasteiger partial charge in [0.2, 0.25) is 0 Å². The van der Waals surface area contributed by atoms with Crippen molar-refractivity contribution in [2.75, 3.05) is 11.9 Å². The van der Waals surface area contributed by atoms with E-state index in [0.29, 0.717) is 0 Å². The third-order valence-electron chi connectivity index (χ3n) is 1.76. The minimum Gasteiger partial charge on any atom is -0.440 e. The van der Waals surface area contributed by atoms with Gasteiger partial charge in [-0.15, -0.1) is 0 Å². The second kappa shape index (κ2) is 5.74. The fourth-order valence-electron chi connectivity index (χ4n) is 1.06. The van der Waals surface area contributed by atoms with Gasteiger partial charge >= 0.3 is 12.3 Å². The van der Waals surface area contributed by atoms with Crippen molar-refractivity contribution < 1.29 is 27.6 Å². The summed E-state index contributed by atoms with van der Waals surface area (Å²) in [5, 5.41) is 12.5. The molecule has 1 aromatic carbocycles. The third kappa shape index (κ3) is 5.00. The molecule has 104 valence electrons. The van der Waals surface area contributed by atoms with Gasteiger partial charge in [0.25, 0.3) is 5.69 Å². The highest BCUT2D eigenvalue weighted by Crippen LogP contribution is 2.27. The van der Waals surface area contributed by atoms with Gasteiger partial charge in [-0.2, -0.15) is 13.2 Å². The minimum atomic E-state index is -4.68. The maximum Gasteiger partial charge on any atom is 0.422 e. The van der Waals surface area contributed by atoms with Gasteiger partial charge in [-0.25, -0.2) is 4.79 Å². The zero-order valence-electron chi connectivity index (χ0n) is 9.03. The lowest BCUT2D eigenvalue weighted by molar-refractivity contribution is -0.383. The van der Waals surface area contributed by atoms with Crippen LogP contribution in [0.1, 0.15) is 0 Å². The number of benzene rings is 1. The Bertz CT molecular complexity index is 507. The zero-order valence-corrected chi connectivity index (χ0v) is 9.79. The van der Waals surface area contributed by atoms with Crippen molar-refractivity contribution in [3.63, 3.8) is 0 Å². The number of ether oxygens (including phenoxy) is 1. The molecule has 0 saturated carbocycles. The van der Waals surface area contributed by atoms with Crippen molar-refractivity contribution in [1.82, 2.24) is 0 Å². The zero-order chi connectivity index (χ0) is 14.6. The molecule has 0 aliphatic carbocycles. The van der Waals surface area contributed by atoms with E-state index in [9.17, 15) is 28.1 Å². The van der Waals surface area contributed by atoms with Crippen LogP contribution in [0.25, 0.3) is 0 Å². The molecule has 0 spiro atoms. The van der Waals surface area contributed by atoms with Gasteiger partial charge in [-0.3, -0.25) is 15.4 Å². The molecule has 0 aliphatic heterocycles. The lowest BCUT2D eigenvalue weighted by Gasteiger charge is -2.09. The van der Waals surface area contributed by atoms with Crippen LogP contribution in [0.5, 0.6) is 0 Å². The number of carbonyl (C=O) groups is 1. The summed E-state index contributed by atoms with van der Waals surface area (Å²) in [5.41, 5.74) is -0.877. The first kappa shape index (κ1) is 15.0. The van der Waals surface area contributed by atoms with Crippen molar-refractivity contribution in [2.45, 2.75) is 6.18 Å². The van der Waals surface area contributed by atoms with E-state index < -0.39 is 29.5 Å². The highest BCUT2D eigenvalue weighted by atomic mass is 35.5. The van der Waals surface area contributed by atoms with Crippen LogP contribution in [0.4, 0.5) is 29.3 Å². The molecular weight excluding hydrogens is 293 g/mol. The number of nitrogens with zero attached hydrogens (tertiary/aromatic N) is 1. The van der Waals surface area contributed by atoms with Gasteiger partial charge < -0.3 is 4.74 Å². The molecule has 0 bridgehead atoms. The molecular formula is C9H6ClF3N2O4. The SMILES string of the molecule is O=C(Nc1cc(Cl)ccc1[N+](=O)[O-])OCC(F)(F)F. The smallest absolute Gasteiger partial charge is 0.422 e. The highest BCUT2D eigenvalue weighted by molar-refractivity contribution is 6.31. The van der Waals surface area contributed by atoms with E-state index in [1.807, 2.05) is 5.32 Å². The molecule has 0 unspecified atom stereocenters. The predicted octanol–water partition coefficient (Wildman–Crippen LogP) is 3.36. The minimum absolute atomic E-state index is 0.0664. The van der Waals surface area contributed by atoms with Crippen molar-refractivity contribution >= 4 is 29.1 Å². The average molecular weight is 299 g/mol. The second-order valence-corrected chi connectivity index (χ2v) is 3.67. The van der Waals surface area contributed by atoms with Gasteiger partial charge in [-0.1, -0.05) is 11.6 Å². The Hall–Kier alpha value is -2.03. The number of hydrogen-bond donors (Lipinski definition) is 1. The average Bonchev–Trinajstić information content (AvgIpc) is 2.25. The molecule has 0 aromatic heterocycles. The summed E-state index contributed by atoms with van der Waals surface area (Å²) in [6, 6.07) is 3.22.